The van der Waals surface area contributed by atoms with Crippen molar-refractivity contribution in [2.24, 2.45) is 5.84 Å². The number of fused-ring (bicyclic) bond motifs is 1. The van der Waals surface area contributed by atoms with E-state index in [1.807, 2.05) is 88.8 Å². The lowest BCUT2D eigenvalue weighted by atomic mass is 10.0. The fraction of sp³-hybridized carbons (Fsp3) is 0.269. The molecule has 4 atom stereocenters. The number of carbonyl (C=O) groups excluding carboxylic acids is 1. The molecule has 5 rings (SSSR count). The van der Waals surface area contributed by atoms with Crippen molar-refractivity contribution in [3.05, 3.63) is 108 Å². The van der Waals surface area contributed by atoms with Crippen molar-refractivity contribution in [3.8, 4) is 0 Å². The van der Waals surface area contributed by atoms with Gasteiger partial charge in [-0.1, -0.05) is 91.0 Å². The molecule has 0 aliphatic carbocycles. The Morgan fingerprint density at radius 2 is 1.55 bits per heavy atom. The van der Waals surface area contributed by atoms with Gasteiger partial charge in [-0.2, -0.15) is 5.06 Å². The molecule has 3 N–H and O–H groups in total. The summed E-state index contributed by atoms with van der Waals surface area (Å²) in [7, 11) is 0. The summed E-state index contributed by atoms with van der Waals surface area (Å²) in [6, 6.07) is 28.8. The molecule has 2 aliphatic rings. The van der Waals surface area contributed by atoms with Crippen LogP contribution in [0, 0.1) is 0 Å². The average molecular weight is 445 g/mol. The van der Waals surface area contributed by atoms with Crippen LogP contribution in [-0.4, -0.2) is 40.6 Å². The van der Waals surface area contributed by atoms with E-state index < -0.39 is 12.3 Å². The monoisotopic (exact) mass is 444 g/mol. The van der Waals surface area contributed by atoms with Gasteiger partial charge in [0.05, 0.1) is 25.3 Å². The normalized spacial score (nSPS) is 24.4. The van der Waals surface area contributed by atoms with Gasteiger partial charge in [0.2, 0.25) is 5.91 Å². The summed E-state index contributed by atoms with van der Waals surface area (Å²) in [5.41, 5.74) is 5.85. The lowest BCUT2D eigenvalue weighted by Crippen LogP contribution is -2.55. The number of amides is 1. The number of hydrogen-bond donors (Lipinski definition) is 2. The highest BCUT2D eigenvalue weighted by Crippen LogP contribution is 2.39. The summed E-state index contributed by atoms with van der Waals surface area (Å²) in [6.07, 6.45) is -0.433. The molecule has 170 valence electrons. The summed E-state index contributed by atoms with van der Waals surface area (Å²) in [5, 5.41) is 1.90. The molecule has 33 heavy (non-hydrogen) atoms. The summed E-state index contributed by atoms with van der Waals surface area (Å²) in [5.74, 6) is 5.84. The van der Waals surface area contributed by atoms with Gasteiger partial charge < -0.3 is 9.64 Å². The van der Waals surface area contributed by atoms with Crippen molar-refractivity contribution in [1.82, 2.24) is 15.4 Å². The maximum atomic E-state index is 13.5. The number of hydroxylamine groups is 2. The maximum Gasteiger partial charge on any atom is 0.245 e. The number of hydrazine groups is 1. The third kappa shape index (κ3) is 4.42. The molecule has 0 unspecified atom stereocenters. The largest absolute Gasteiger partial charge is 0.352 e. The summed E-state index contributed by atoms with van der Waals surface area (Å²) in [4.78, 5) is 21.6. The summed E-state index contributed by atoms with van der Waals surface area (Å²) < 4.78 is 6.12. The first-order chi connectivity index (χ1) is 16.3. The van der Waals surface area contributed by atoms with Gasteiger partial charge in [-0.15, -0.1) is 0 Å². The molecule has 0 saturated carbocycles. The summed E-state index contributed by atoms with van der Waals surface area (Å²) >= 11 is 0. The minimum Gasteiger partial charge on any atom is -0.352 e. The number of carbonyl (C=O) groups is 1. The van der Waals surface area contributed by atoms with E-state index in [2.05, 4.69) is 17.6 Å². The van der Waals surface area contributed by atoms with Crippen LogP contribution in [0.1, 0.15) is 22.9 Å². The van der Waals surface area contributed by atoms with Gasteiger partial charge in [-0.25, -0.2) is 5.43 Å². The molecule has 0 aromatic heterocycles. The van der Waals surface area contributed by atoms with Gasteiger partial charge >= 0.3 is 0 Å². The van der Waals surface area contributed by atoms with Crippen LogP contribution in [0.4, 0.5) is 0 Å². The SMILES string of the molecule is NN[C@@H]1C(=O)N2[C@@H](c3ccccc3)OC[C@@H]2[C@H]1N(Cc1ccccc1)OCc1ccccc1. The van der Waals surface area contributed by atoms with E-state index in [0.29, 0.717) is 19.8 Å². The maximum absolute atomic E-state index is 13.5. The van der Waals surface area contributed by atoms with E-state index in [4.69, 9.17) is 15.4 Å². The Bertz CT molecular complexity index is 1050. The Morgan fingerprint density at radius 1 is 0.939 bits per heavy atom. The van der Waals surface area contributed by atoms with Crippen molar-refractivity contribution in [2.75, 3.05) is 6.61 Å². The van der Waals surface area contributed by atoms with E-state index in [1.54, 1.807) is 0 Å². The highest BCUT2D eigenvalue weighted by molar-refractivity contribution is 5.86. The van der Waals surface area contributed by atoms with Gasteiger partial charge in [0, 0.05) is 12.1 Å². The molecule has 2 fully saturated rings. The Kier molecular flexibility index (Phi) is 6.48. The first-order valence-electron chi connectivity index (χ1n) is 11.2. The smallest absolute Gasteiger partial charge is 0.245 e. The topological polar surface area (TPSA) is 80.1 Å². The predicted octanol–water partition coefficient (Wildman–Crippen LogP) is 2.76. The molecule has 7 heteroatoms. The third-order valence-corrected chi connectivity index (χ3v) is 6.31. The number of hydrogen-bond acceptors (Lipinski definition) is 6. The molecular formula is C26H28N4O3. The Labute approximate surface area is 193 Å². The van der Waals surface area contributed by atoms with Gasteiger partial charge in [0.25, 0.3) is 0 Å². The van der Waals surface area contributed by atoms with Crippen LogP contribution in [0.15, 0.2) is 91.0 Å². The fourth-order valence-corrected chi connectivity index (χ4v) is 4.73. The molecular weight excluding hydrogens is 416 g/mol. The van der Waals surface area contributed by atoms with Crippen LogP contribution in [-0.2, 0) is 27.5 Å². The van der Waals surface area contributed by atoms with E-state index in [1.165, 1.54) is 0 Å². The minimum absolute atomic E-state index is 0.0831. The Hall–Kier alpha value is -3.07. The zero-order chi connectivity index (χ0) is 22.6. The first kappa shape index (κ1) is 21.8. The molecule has 7 nitrogen and oxygen atoms in total. The van der Waals surface area contributed by atoms with Gasteiger partial charge in [-0.3, -0.25) is 15.5 Å². The molecule has 2 aliphatic heterocycles. The highest BCUT2D eigenvalue weighted by Gasteiger charge is 2.56. The van der Waals surface area contributed by atoms with Crippen LogP contribution in [0.5, 0.6) is 0 Å². The van der Waals surface area contributed by atoms with Crippen molar-refractivity contribution in [1.29, 1.82) is 0 Å². The second-order valence-corrected chi connectivity index (χ2v) is 8.36. The summed E-state index contributed by atoms with van der Waals surface area (Å²) in [6.45, 7) is 1.32. The molecule has 3 aromatic carbocycles. The lowest BCUT2D eigenvalue weighted by molar-refractivity contribution is -0.210. The fourth-order valence-electron chi connectivity index (χ4n) is 4.73. The molecule has 2 saturated heterocycles. The van der Waals surface area contributed by atoms with E-state index in [9.17, 15) is 4.79 Å². The number of nitrogens with one attached hydrogen (secondary N) is 1. The van der Waals surface area contributed by atoms with Crippen LogP contribution >= 0.6 is 0 Å². The zero-order valence-corrected chi connectivity index (χ0v) is 18.3. The van der Waals surface area contributed by atoms with Crippen LogP contribution < -0.4 is 11.3 Å². The van der Waals surface area contributed by atoms with Gasteiger partial charge in [-0.05, 0) is 11.1 Å². The van der Waals surface area contributed by atoms with Gasteiger partial charge in [0.15, 0.2) is 6.23 Å². The first-order valence-corrected chi connectivity index (χ1v) is 11.2. The van der Waals surface area contributed by atoms with Crippen molar-refractivity contribution >= 4 is 5.91 Å². The second kappa shape index (κ2) is 9.82. The van der Waals surface area contributed by atoms with Crippen LogP contribution in [0.2, 0.25) is 0 Å². The average Bonchev–Trinajstić information content (AvgIpc) is 3.42. The van der Waals surface area contributed by atoms with E-state index >= 15 is 0 Å². The number of nitrogens with zero attached hydrogens (tertiary/aromatic N) is 2. The number of ether oxygens (including phenoxy) is 1. The van der Waals surface area contributed by atoms with Crippen molar-refractivity contribution < 1.29 is 14.4 Å². The number of benzene rings is 3. The lowest BCUT2D eigenvalue weighted by Gasteiger charge is -2.33. The number of nitrogens with two attached hydrogens (primary N) is 1. The zero-order valence-electron chi connectivity index (χ0n) is 18.3. The quantitative estimate of drug-likeness (QED) is 0.411. The molecule has 0 radical (unpaired) electrons. The predicted molar refractivity (Wildman–Crippen MR) is 124 cm³/mol. The van der Waals surface area contributed by atoms with Gasteiger partial charge in [0.1, 0.15) is 6.04 Å². The standard InChI is InChI=1S/C26H28N4O3/c27-28-23-24(22-18-32-26(30(22)25(23)31)21-14-8-3-9-15-21)29(16-19-10-4-1-5-11-19)33-17-20-12-6-2-7-13-20/h1-15,22-24,26,28H,16-18,27H2/t22-,23+,24-,26-/m1/s1. The van der Waals surface area contributed by atoms with E-state index in [-0.39, 0.29) is 18.0 Å². The van der Waals surface area contributed by atoms with Crippen LogP contribution in [0.3, 0.4) is 0 Å². The van der Waals surface area contributed by atoms with E-state index in [0.717, 1.165) is 16.7 Å². The van der Waals surface area contributed by atoms with Crippen LogP contribution in [0.25, 0.3) is 0 Å². The molecule has 0 spiro atoms. The number of rotatable bonds is 8. The Morgan fingerprint density at radius 3 is 2.18 bits per heavy atom. The minimum atomic E-state index is -0.607. The third-order valence-electron chi connectivity index (χ3n) is 6.31. The molecule has 2 heterocycles. The molecule has 1 amide bonds. The van der Waals surface area contributed by atoms with Crippen molar-refractivity contribution in [2.45, 2.75) is 37.5 Å². The molecule has 3 aromatic rings. The molecule has 0 bridgehead atoms. The highest BCUT2D eigenvalue weighted by atomic mass is 16.7. The second-order valence-electron chi connectivity index (χ2n) is 8.36. The van der Waals surface area contributed by atoms with Crippen molar-refractivity contribution in [3.63, 3.8) is 0 Å². The Balaban J connectivity index is 1.44.